The summed E-state index contributed by atoms with van der Waals surface area (Å²) in [5.74, 6) is -0.171. The normalized spacial score (nSPS) is 11.8. The van der Waals surface area contributed by atoms with Crippen LogP contribution >= 0.6 is 23.2 Å². The molecule has 2 aromatic rings. The Labute approximate surface area is 151 Å². The van der Waals surface area contributed by atoms with E-state index in [-0.39, 0.29) is 12.5 Å². The molecule has 0 bridgehead atoms. The molecule has 2 rings (SSSR count). The topological polar surface area (TPSA) is 61.4 Å². The van der Waals surface area contributed by atoms with Crippen LogP contribution in [-0.4, -0.2) is 24.2 Å². The Bertz CT molecular complexity index is 645. The van der Waals surface area contributed by atoms with Gasteiger partial charge in [0.25, 0.3) is 0 Å². The van der Waals surface area contributed by atoms with E-state index in [2.05, 4.69) is 10.6 Å². The predicted molar refractivity (Wildman–Crippen MR) is 98.6 cm³/mol. The van der Waals surface area contributed by atoms with Crippen LogP contribution in [0.25, 0.3) is 0 Å². The molecular formula is C18H20Cl2N2O2. The highest BCUT2D eigenvalue weighted by Gasteiger charge is 2.22. The summed E-state index contributed by atoms with van der Waals surface area (Å²) >= 11 is 12.4. The number of aliphatic hydroxyl groups excluding tert-OH is 1. The van der Waals surface area contributed by atoms with Gasteiger partial charge in [-0.25, -0.2) is 0 Å². The smallest absolute Gasteiger partial charge is 0.247 e. The third-order valence-electron chi connectivity index (χ3n) is 3.53. The van der Waals surface area contributed by atoms with Crippen LogP contribution in [0.4, 0.5) is 5.69 Å². The number of anilines is 1. The van der Waals surface area contributed by atoms with Gasteiger partial charge in [0.1, 0.15) is 6.04 Å². The van der Waals surface area contributed by atoms with E-state index in [4.69, 9.17) is 28.3 Å². The van der Waals surface area contributed by atoms with Gasteiger partial charge in [0.05, 0.1) is 15.7 Å². The minimum atomic E-state index is -0.613. The number of hydrogen-bond acceptors (Lipinski definition) is 3. The van der Waals surface area contributed by atoms with Crippen molar-refractivity contribution in [1.29, 1.82) is 0 Å². The van der Waals surface area contributed by atoms with Crippen molar-refractivity contribution in [2.45, 2.75) is 18.9 Å². The first kappa shape index (κ1) is 18.6. The van der Waals surface area contributed by atoms with Crippen LogP contribution in [0.5, 0.6) is 0 Å². The Kier molecular flexibility index (Phi) is 7.37. The fourth-order valence-electron chi connectivity index (χ4n) is 2.28. The molecule has 0 aliphatic heterocycles. The molecule has 6 heteroatoms. The second kappa shape index (κ2) is 9.52. The molecule has 1 amide bonds. The Morgan fingerprint density at radius 3 is 2.29 bits per heavy atom. The molecule has 128 valence electrons. The molecule has 4 nitrogen and oxygen atoms in total. The molecule has 1 unspecified atom stereocenters. The second-order valence-corrected chi connectivity index (χ2v) is 6.12. The molecule has 0 aliphatic rings. The van der Waals surface area contributed by atoms with E-state index in [1.54, 1.807) is 18.2 Å². The molecule has 0 heterocycles. The maximum atomic E-state index is 12.6. The number of nitrogens with one attached hydrogen (secondary N) is 2. The van der Waals surface area contributed by atoms with Gasteiger partial charge in [-0.3, -0.25) is 4.79 Å². The Morgan fingerprint density at radius 2 is 1.67 bits per heavy atom. The van der Waals surface area contributed by atoms with Crippen LogP contribution in [0, 0.1) is 0 Å². The summed E-state index contributed by atoms with van der Waals surface area (Å²) in [4.78, 5) is 12.6. The summed E-state index contributed by atoms with van der Waals surface area (Å²) in [6.45, 7) is 0.617. The number of benzene rings is 2. The van der Waals surface area contributed by atoms with Crippen LogP contribution in [0.1, 0.15) is 24.4 Å². The first-order valence-electron chi connectivity index (χ1n) is 7.77. The molecule has 0 saturated heterocycles. The lowest BCUT2D eigenvalue weighted by Crippen LogP contribution is -2.34. The number of amides is 1. The van der Waals surface area contributed by atoms with Crippen molar-refractivity contribution in [2.24, 2.45) is 0 Å². The first-order chi connectivity index (χ1) is 11.6. The number of carbonyl (C=O) groups is 1. The van der Waals surface area contributed by atoms with Gasteiger partial charge in [-0.05, 0) is 30.5 Å². The van der Waals surface area contributed by atoms with Gasteiger partial charge in [0.15, 0.2) is 0 Å². The zero-order chi connectivity index (χ0) is 17.4. The third-order valence-corrected chi connectivity index (χ3v) is 4.16. The average molecular weight is 367 g/mol. The van der Waals surface area contributed by atoms with Gasteiger partial charge >= 0.3 is 0 Å². The standard InChI is InChI=1S/C18H20Cl2N2O2/c19-14-9-6-10-15(20)17(14)22-16(13-7-2-1-3-8-13)18(24)21-11-4-5-12-23/h1-3,6-10,16,22-23H,4-5,11-12H2,(H,21,24). The SMILES string of the molecule is O=C(NCCCCO)C(Nc1c(Cl)cccc1Cl)c1ccccc1. The average Bonchev–Trinajstić information content (AvgIpc) is 2.59. The van der Waals surface area contributed by atoms with Crippen LogP contribution in [0.2, 0.25) is 10.0 Å². The van der Waals surface area contributed by atoms with Crippen molar-refractivity contribution in [1.82, 2.24) is 5.32 Å². The lowest BCUT2D eigenvalue weighted by Gasteiger charge is -2.21. The van der Waals surface area contributed by atoms with E-state index in [1.807, 2.05) is 30.3 Å². The van der Waals surface area contributed by atoms with Gasteiger partial charge in [-0.2, -0.15) is 0 Å². The van der Waals surface area contributed by atoms with Crippen LogP contribution < -0.4 is 10.6 Å². The minimum Gasteiger partial charge on any atom is -0.396 e. The Morgan fingerprint density at radius 1 is 1.00 bits per heavy atom. The number of rotatable bonds is 8. The van der Waals surface area contributed by atoms with E-state index in [0.717, 1.165) is 12.0 Å². The molecule has 0 spiro atoms. The molecule has 24 heavy (non-hydrogen) atoms. The van der Waals surface area contributed by atoms with E-state index >= 15 is 0 Å². The monoisotopic (exact) mass is 366 g/mol. The number of unbranched alkanes of at least 4 members (excludes halogenated alkanes) is 1. The zero-order valence-electron chi connectivity index (χ0n) is 13.1. The Balaban J connectivity index is 2.19. The number of halogens is 2. The summed E-state index contributed by atoms with van der Waals surface area (Å²) in [7, 11) is 0. The molecule has 3 N–H and O–H groups in total. The molecule has 0 aliphatic carbocycles. The number of carbonyl (C=O) groups excluding carboxylic acids is 1. The predicted octanol–water partition coefficient (Wildman–Crippen LogP) is 4.04. The lowest BCUT2D eigenvalue weighted by molar-refractivity contribution is -0.122. The van der Waals surface area contributed by atoms with E-state index in [9.17, 15) is 4.79 Å². The zero-order valence-corrected chi connectivity index (χ0v) is 14.6. The fraction of sp³-hybridized carbons (Fsp3) is 0.278. The number of para-hydroxylation sites is 1. The minimum absolute atomic E-state index is 0.117. The molecular weight excluding hydrogens is 347 g/mol. The van der Waals surface area contributed by atoms with Gasteiger partial charge < -0.3 is 15.7 Å². The number of hydrogen-bond donors (Lipinski definition) is 3. The van der Waals surface area contributed by atoms with Gasteiger partial charge in [-0.1, -0.05) is 59.6 Å². The van der Waals surface area contributed by atoms with E-state index in [0.29, 0.717) is 28.7 Å². The highest BCUT2D eigenvalue weighted by atomic mass is 35.5. The molecule has 0 fully saturated rings. The molecule has 2 aromatic carbocycles. The maximum Gasteiger partial charge on any atom is 0.247 e. The van der Waals surface area contributed by atoms with Crippen molar-refractivity contribution < 1.29 is 9.90 Å². The van der Waals surface area contributed by atoms with Crippen molar-refractivity contribution in [3.63, 3.8) is 0 Å². The molecule has 0 radical (unpaired) electrons. The van der Waals surface area contributed by atoms with Crippen LogP contribution in [0.15, 0.2) is 48.5 Å². The van der Waals surface area contributed by atoms with Crippen LogP contribution in [0.3, 0.4) is 0 Å². The van der Waals surface area contributed by atoms with Crippen LogP contribution in [-0.2, 0) is 4.79 Å². The van der Waals surface area contributed by atoms with Gasteiger partial charge in [0, 0.05) is 13.2 Å². The molecule has 0 saturated carbocycles. The third kappa shape index (κ3) is 5.13. The van der Waals surface area contributed by atoms with Gasteiger partial charge in [-0.15, -0.1) is 0 Å². The van der Waals surface area contributed by atoms with Crippen molar-refractivity contribution in [3.8, 4) is 0 Å². The van der Waals surface area contributed by atoms with Crippen molar-refractivity contribution in [3.05, 3.63) is 64.1 Å². The molecule has 0 aromatic heterocycles. The fourth-order valence-corrected chi connectivity index (χ4v) is 2.78. The summed E-state index contributed by atoms with van der Waals surface area (Å²) in [5, 5.41) is 15.8. The number of aliphatic hydroxyl groups is 1. The highest BCUT2D eigenvalue weighted by molar-refractivity contribution is 6.39. The summed E-state index contributed by atoms with van der Waals surface area (Å²) in [6, 6.07) is 14.0. The highest BCUT2D eigenvalue weighted by Crippen LogP contribution is 2.33. The second-order valence-electron chi connectivity index (χ2n) is 5.31. The summed E-state index contributed by atoms with van der Waals surface area (Å²) in [6.07, 6.45) is 1.37. The lowest BCUT2D eigenvalue weighted by atomic mass is 10.1. The summed E-state index contributed by atoms with van der Waals surface area (Å²) in [5.41, 5.74) is 1.34. The van der Waals surface area contributed by atoms with Crippen molar-refractivity contribution >= 4 is 34.8 Å². The largest absolute Gasteiger partial charge is 0.396 e. The first-order valence-corrected chi connectivity index (χ1v) is 8.53. The molecule has 1 atom stereocenters. The van der Waals surface area contributed by atoms with E-state index in [1.165, 1.54) is 0 Å². The Hall–Kier alpha value is -1.75. The summed E-state index contributed by atoms with van der Waals surface area (Å²) < 4.78 is 0. The van der Waals surface area contributed by atoms with Gasteiger partial charge in [0.2, 0.25) is 5.91 Å². The quantitative estimate of drug-likeness (QED) is 0.618. The van der Waals surface area contributed by atoms with Crippen molar-refractivity contribution in [2.75, 3.05) is 18.5 Å². The maximum absolute atomic E-state index is 12.6. The van der Waals surface area contributed by atoms with E-state index < -0.39 is 6.04 Å².